The monoisotopic (exact) mass is 218 g/mol. The number of rotatable bonds is 2. The first-order valence-electron chi connectivity index (χ1n) is 4.95. The smallest absolute Gasteiger partial charge is 0.342 e. The molecule has 2 rings (SSSR count). The number of carboxylic acid groups (broad SMARTS) is 1. The fraction of sp³-hybridized carbons (Fsp3) is 0.900. The Hall–Kier alpha value is -0.680. The molecule has 1 N–H and O–H groups in total. The van der Waals surface area contributed by atoms with Crippen LogP contribution in [0.5, 0.6) is 0 Å². The fourth-order valence-electron chi connectivity index (χ4n) is 2.15. The van der Waals surface area contributed by atoms with E-state index >= 15 is 0 Å². The molecule has 0 radical (unpaired) electrons. The van der Waals surface area contributed by atoms with E-state index in [0.717, 1.165) is 0 Å². The number of hydrogen-bond donors (Lipinski definition) is 1. The molecule has 1 saturated heterocycles. The summed E-state index contributed by atoms with van der Waals surface area (Å²) in [5.41, 5.74) is -3.10. The van der Waals surface area contributed by atoms with Gasteiger partial charge in [0.1, 0.15) is 0 Å². The molecular formula is C10H15FO4. The molecule has 2 fully saturated rings. The van der Waals surface area contributed by atoms with Gasteiger partial charge in [0.05, 0.1) is 12.7 Å². The van der Waals surface area contributed by atoms with Crippen molar-refractivity contribution < 1.29 is 23.8 Å². The van der Waals surface area contributed by atoms with Gasteiger partial charge in [-0.1, -0.05) is 6.92 Å². The van der Waals surface area contributed by atoms with E-state index in [2.05, 4.69) is 0 Å². The molecule has 2 aliphatic rings. The number of aliphatic carboxylic acids is 1. The molecule has 0 aromatic rings. The van der Waals surface area contributed by atoms with E-state index < -0.39 is 28.9 Å². The van der Waals surface area contributed by atoms with Crippen LogP contribution in [0.25, 0.3) is 0 Å². The highest BCUT2D eigenvalue weighted by atomic mass is 19.1. The summed E-state index contributed by atoms with van der Waals surface area (Å²) < 4.78 is 24.6. The van der Waals surface area contributed by atoms with Gasteiger partial charge in [0, 0.05) is 11.8 Å². The average molecular weight is 218 g/mol. The number of carboxylic acids is 1. The maximum atomic E-state index is 13.8. The lowest BCUT2D eigenvalue weighted by atomic mass is 9.98. The first-order valence-corrected chi connectivity index (χ1v) is 4.95. The second-order valence-electron chi connectivity index (χ2n) is 5.02. The van der Waals surface area contributed by atoms with Crippen LogP contribution >= 0.6 is 0 Å². The Kier molecular flexibility index (Phi) is 1.95. The molecule has 0 amide bonds. The van der Waals surface area contributed by atoms with E-state index in [1.165, 1.54) is 0 Å². The largest absolute Gasteiger partial charge is 0.479 e. The number of carbonyl (C=O) groups is 1. The second-order valence-corrected chi connectivity index (χ2v) is 5.02. The molecule has 1 saturated carbocycles. The minimum atomic E-state index is -2.15. The Morgan fingerprint density at radius 2 is 2.07 bits per heavy atom. The van der Waals surface area contributed by atoms with Gasteiger partial charge in [0.25, 0.3) is 0 Å². The van der Waals surface area contributed by atoms with Crippen molar-refractivity contribution in [1.29, 1.82) is 0 Å². The van der Waals surface area contributed by atoms with Gasteiger partial charge in [-0.05, 0) is 13.8 Å². The zero-order valence-electron chi connectivity index (χ0n) is 9.04. The maximum absolute atomic E-state index is 13.8. The lowest BCUT2D eigenvalue weighted by Gasteiger charge is -2.22. The van der Waals surface area contributed by atoms with Gasteiger partial charge < -0.3 is 14.6 Å². The van der Waals surface area contributed by atoms with Crippen LogP contribution in [-0.2, 0) is 14.3 Å². The zero-order chi connectivity index (χ0) is 11.5. The van der Waals surface area contributed by atoms with Crippen molar-refractivity contribution in [3.05, 3.63) is 0 Å². The summed E-state index contributed by atoms with van der Waals surface area (Å²) in [6.45, 7) is 5.32. The van der Waals surface area contributed by atoms with Crippen LogP contribution in [0.3, 0.4) is 0 Å². The Morgan fingerprint density at radius 1 is 1.47 bits per heavy atom. The topological polar surface area (TPSA) is 55.8 Å². The number of halogens is 1. The van der Waals surface area contributed by atoms with Crippen LogP contribution in [0.2, 0.25) is 0 Å². The summed E-state index contributed by atoms with van der Waals surface area (Å²) in [7, 11) is 0. The minimum absolute atomic E-state index is 0.000556. The van der Waals surface area contributed by atoms with E-state index in [1.807, 2.05) is 0 Å². The van der Waals surface area contributed by atoms with Gasteiger partial charge in [-0.15, -0.1) is 0 Å². The molecule has 0 aromatic heterocycles. The summed E-state index contributed by atoms with van der Waals surface area (Å²) in [5, 5.41) is 8.77. The van der Waals surface area contributed by atoms with Gasteiger partial charge >= 0.3 is 5.97 Å². The number of alkyl halides is 1. The van der Waals surface area contributed by atoms with Crippen molar-refractivity contribution in [1.82, 2.24) is 0 Å². The molecule has 0 bridgehead atoms. The maximum Gasteiger partial charge on any atom is 0.342 e. The van der Waals surface area contributed by atoms with Crippen LogP contribution in [-0.4, -0.2) is 35.2 Å². The minimum Gasteiger partial charge on any atom is -0.479 e. The quantitative estimate of drug-likeness (QED) is 0.760. The summed E-state index contributed by atoms with van der Waals surface area (Å²) in [6.07, 6.45) is -0.479. The standard InChI is InChI=1S/C10H15FO4/c1-8(2)14-4-6(15-8)9(3)5-10(9,11)7(12)13/h6H,4-5H2,1-3H3,(H,12,13)/t6-,9+,10+/m1/s1. The summed E-state index contributed by atoms with van der Waals surface area (Å²) in [4.78, 5) is 10.7. The van der Waals surface area contributed by atoms with Gasteiger partial charge in [-0.2, -0.15) is 0 Å². The van der Waals surface area contributed by atoms with Gasteiger partial charge in [-0.25, -0.2) is 9.18 Å². The second kappa shape index (κ2) is 2.71. The highest BCUT2D eigenvalue weighted by Crippen LogP contribution is 2.63. The van der Waals surface area contributed by atoms with Crippen molar-refractivity contribution >= 4 is 5.97 Å². The van der Waals surface area contributed by atoms with Crippen molar-refractivity contribution in [3.63, 3.8) is 0 Å². The fourth-order valence-corrected chi connectivity index (χ4v) is 2.15. The van der Waals surface area contributed by atoms with E-state index in [4.69, 9.17) is 14.6 Å². The number of ether oxygens (including phenoxy) is 2. The Morgan fingerprint density at radius 3 is 2.40 bits per heavy atom. The van der Waals surface area contributed by atoms with Crippen molar-refractivity contribution in [2.24, 2.45) is 5.41 Å². The molecule has 4 nitrogen and oxygen atoms in total. The predicted molar refractivity (Wildman–Crippen MR) is 49.1 cm³/mol. The highest BCUT2D eigenvalue weighted by molar-refractivity contribution is 5.83. The molecule has 0 aromatic carbocycles. The van der Waals surface area contributed by atoms with Gasteiger partial charge in [-0.3, -0.25) is 0 Å². The first kappa shape index (κ1) is 10.8. The van der Waals surface area contributed by atoms with Gasteiger partial charge in [0.2, 0.25) is 5.67 Å². The summed E-state index contributed by atoms with van der Waals surface area (Å²) >= 11 is 0. The molecule has 3 atom stereocenters. The molecule has 5 heteroatoms. The van der Waals surface area contributed by atoms with Crippen LogP contribution in [0.1, 0.15) is 27.2 Å². The molecule has 15 heavy (non-hydrogen) atoms. The molecule has 0 unspecified atom stereocenters. The van der Waals surface area contributed by atoms with E-state index in [9.17, 15) is 9.18 Å². The van der Waals surface area contributed by atoms with Gasteiger partial charge in [0.15, 0.2) is 5.79 Å². The Balaban J connectivity index is 2.12. The molecule has 1 heterocycles. The molecular weight excluding hydrogens is 203 g/mol. The van der Waals surface area contributed by atoms with Crippen LogP contribution in [0.4, 0.5) is 4.39 Å². The lowest BCUT2D eigenvalue weighted by Crippen LogP contribution is -2.34. The third kappa shape index (κ3) is 1.37. The van der Waals surface area contributed by atoms with E-state index in [0.29, 0.717) is 0 Å². The normalized spacial score (nSPS) is 47.9. The number of hydrogen-bond acceptors (Lipinski definition) is 3. The summed E-state index contributed by atoms with van der Waals surface area (Å²) in [5.74, 6) is -2.14. The van der Waals surface area contributed by atoms with Crippen LogP contribution in [0, 0.1) is 5.41 Å². The van der Waals surface area contributed by atoms with Crippen LogP contribution < -0.4 is 0 Å². The average Bonchev–Trinajstić information content (AvgIpc) is 2.51. The van der Waals surface area contributed by atoms with E-state index in [1.54, 1.807) is 20.8 Å². The Labute approximate surface area is 87.4 Å². The van der Waals surface area contributed by atoms with E-state index in [-0.39, 0.29) is 13.0 Å². The third-order valence-electron chi connectivity index (χ3n) is 3.45. The molecule has 1 aliphatic carbocycles. The first-order chi connectivity index (χ1) is 6.71. The van der Waals surface area contributed by atoms with Crippen molar-refractivity contribution in [3.8, 4) is 0 Å². The van der Waals surface area contributed by atoms with Crippen molar-refractivity contribution in [2.75, 3.05) is 6.61 Å². The summed E-state index contributed by atoms with van der Waals surface area (Å²) in [6, 6.07) is 0. The SMILES string of the molecule is CC1(C)OC[C@H]([C@]2(C)C[C@]2(F)C(=O)O)O1. The highest BCUT2D eigenvalue weighted by Gasteiger charge is 2.76. The molecule has 86 valence electrons. The zero-order valence-corrected chi connectivity index (χ0v) is 9.04. The third-order valence-corrected chi connectivity index (χ3v) is 3.45. The molecule has 1 aliphatic heterocycles. The lowest BCUT2D eigenvalue weighted by molar-refractivity contribution is -0.157. The van der Waals surface area contributed by atoms with Crippen LogP contribution in [0.15, 0.2) is 0 Å². The van der Waals surface area contributed by atoms with Crippen molar-refractivity contribution in [2.45, 2.75) is 44.8 Å². The molecule has 0 spiro atoms. The predicted octanol–water partition coefficient (Wildman–Crippen LogP) is 1.34. The Bertz CT molecular complexity index is 317.